The number of fused-ring (bicyclic) bond motifs is 2. The van der Waals surface area contributed by atoms with Gasteiger partial charge >= 0.3 is 5.97 Å². The SMILES string of the molecule is O=C(OCCc1cccs1)C1CC2CCC1N2. The van der Waals surface area contributed by atoms with E-state index >= 15 is 0 Å². The Balaban J connectivity index is 1.45. The summed E-state index contributed by atoms with van der Waals surface area (Å²) in [5, 5.41) is 5.52. The molecule has 1 aromatic heterocycles. The van der Waals surface area contributed by atoms with Gasteiger partial charge in [0.1, 0.15) is 0 Å². The van der Waals surface area contributed by atoms with Crippen molar-refractivity contribution in [2.45, 2.75) is 37.8 Å². The van der Waals surface area contributed by atoms with Crippen LogP contribution in [-0.4, -0.2) is 24.7 Å². The van der Waals surface area contributed by atoms with Crippen LogP contribution in [0.4, 0.5) is 0 Å². The number of ether oxygens (including phenoxy) is 1. The highest BCUT2D eigenvalue weighted by Crippen LogP contribution is 2.33. The molecule has 92 valence electrons. The summed E-state index contributed by atoms with van der Waals surface area (Å²) >= 11 is 1.72. The Hall–Kier alpha value is -0.870. The van der Waals surface area contributed by atoms with Crippen LogP contribution in [0, 0.1) is 5.92 Å². The molecule has 2 saturated heterocycles. The van der Waals surface area contributed by atoms with E-state index in [4.69, 9.17) is 4.74 Å². The number of hydrogen-bond donors (Lipinski definition) is 1. The predicted octanol–water partition coefficient (Wildman–Crippen LogP) is 1.97. The Labute approximate surface area is 105 Å². The van der Waals surface area contributed by atoms with E-state index < -0.39 is 0 Å². The molecule has 2 aliphatic heterocycles. The lowest BCUT2D eigenvalue weighted by Crippen LogP contribution is -2.30. The Bertz CT molecular complexity index is 390. The molecule has 1 aromatic rings. The molecule has 3 rings (SSSR count). The third kappa shape index (κ3) is 2.38. The average Bonchev–Trinajstić information content (AvgIpc) is 3.05. The van der Waals surface area contributed by atoms with Crippen molar-refractivity contribution in [3.63, 3.8) is 0 Å². The van der Waals surface area contributed by atoms with Crippen molar-refractivity contribution < 1.29 is 9.53 Å². The van der Waals surface area contributed by atoms with Crippen molar-refractivity contribution in [1.82, 2.24) is 5.32 Å². The Morgan fingerprint density at radius 2 is 2.47 bits per heavy atom. The fraction of sp³-hybridized carbons (Fsp3) is 0.615. The van der Waals surface area contributed by atoms with Gasteiger partial charge in [-0.1, -0.05) is 6.07 Å². The van der Waals surface area contributed by atoms with Crippen LogP contribution in [-0.2, 0) is 16.0 Å². The second-order valence-corrected chi connectivity index (χ2v) is 5.92. The zero-order valence-corrected chi connectivity index (χ0v) is 10.5. The van der Waals surface area contributed by atoms with E-state index in [2.05, 4.69) is 16.8 Å². The van der Waals surface area contributed by atoms with Gasteiger partial charge in [0.25, 0.3) is 0 Å². The summed E-state index contributed by atoms with van der Waals surface area (Å²) < 4.78 is 5.38. The molecule has 0 aromatic carbocycles. The number of carbonyl (C=O) groups excluding carboxylic acids is 1. The van der Waals surface area contributed by atoms with Gasteiger partial charge in [-0.3, -0.25) is 4.79 Å². The van der Waals surface area contributed by atoms with Gasteiger partial charge in [0.15, 0.2) is 0 Å². The molecule has 0 saturated carbocycles. The molecule has 0 amide bonds. The topological polar surface area (TPSA) is 38.3 Å². The zero-order valence-electron chi connectivity index (χ0n) is 9.72. The van der Waals surface area contributed by atoms with Gasteiger partial charge in [-0.25, -0.2) is 0 Å². The van der Waals surface area contributed by atoms with Gasteiger partial charge in [-0.15, -0.1) is 11.3 Å². The standard InChI is InChI=1S/C13H17NO2S/c15-13(11-8-9-3-4-12(11)14-9)16-6-5-10-2-1-7-17-10/h1-2,7,9,11-12,14H,3-6,8H2. The number of thiophene rings is 1. The molecule has 0 aliphatic carbocycles. The minimum atomic E-state index is 0.00116. The van der Waals surface area contributed by atoms with Crippen LogP contribution in [0.3, 0.4) is 0 Å². The summed E-state index contributed by atoms with van der Waals surface area (Å²) in [7, 11) is 0. The number of esters is 1. The molecule has 3 unspecified atom stereocenters. The van der Waals surface area contributed by atoms with Crippen molar-refractivity contribution in [3.05, 3.63) is 22.4 Å². The number of nitrogens with one attached hydrogen (secondary N) is 1. The van der Waals surface area contributed by atoms with E-state index in [1.165, 1.54) is 11.3 Å². The molecule has 0 radical (unpaired) electrons. The van der Waals surface area contributed by atoms with Crippen LogP contribution in [0.25, 0.3) is 0 Å². The zero-order chi connectivity index (χ0) is 11.7. The van der Waals surface area contributed by atoms with Gasteiger partial charge in [0.05, 0.1) is 12.5 Å². The van der Waals surface area contributed by atoms with Crippen LogP contribution in [0.1, 0.15) is 24.1 Å². The van der Waals surface area contributed by atoms with Gasteiger partial charge in [0.2, 0.25) is 0 Å². The van der Waals surface area contributed by atoms with E-state index in [0.717, 1.165) is 19.3 Å². The third-order valence-corrected chi connectivity index (χ3v) is 4.71. The molecule has 2 fully saturated rings. The molecule has 3 atom stereocenters. The second kappa shape index (κ2) is 4.78. The van der Waals surface area contributed by atoms with Gasteiger partial charge in [-0.05, 0) is 30.7 Å². The van der Waals surface area contributed by atoms with Crippen LogP contribution in [0.5, 0.6) is 0 Å². The lowest BCUT2D eigenvalue weighted by molar-refractivity contribution is -0.149. The molecule has 3 heterocycles. The molecule has 2 bridgehead atoms. The van der Waals surface area contributed by atoms with E-state index in [1.54, 1.807) is 11.3 Å². The molecule has 0 spiro atoms. The normalized spacial score (nSPS) is 30.7. The summed E-state index contributed by atoms with van der Waals surface area (Å²) in [4.78, 5) is 13.2. The molecule has 2 aliphatic rings. The summed E-state index contributed by atoms with van der Waals surface area (Å²) in [6.07, 6.45) is 4.18. The van der Waals surface area contributed by atoms with E-state index in [0.29, 0.717) is 18.7 Å². The van der Waals surface area contributed by atoms with E-state index in [-0.39, 0.29) is 11.9 Å². The molecule has 17 heavy (non-hydrogen) atoms. The summed E-state index contributed by atoms with van der Waals surface area (Å²) in [5.41, 5.74) is 0. The maximum absolute atomic E-state index is 11.9. The largest absolute Gasteiger partial charge is 0.465 e. The van der Waals surface area contributed by atoms with Crippen LogP contribution >= 0.6 is 11.3 Å². The molecule has 1 N–H and O–H groups in total. The van der Waals surface area contributed by atoms with Gasteiger partial charge in [0, 0.05) is 23.4 Å². The lowest BCUT2D eigenvalue weighted by atomic mass is 9.89. The monoisotopic (exact) mass is 251 g/mol. The Kier molecular flexibility index (Phi) is 3.16. The first-order chi connectivity index (χ1) is 8.33. The highest BCUT2D eigenvalue weighted by atomic mass is 32.1. The first-order valence-corrected chi connectivity index (χ1v) is 7.16. The summed E-state index contributed by atoms with van der Waals surface area (Å²) in [6.45, 7) is 0.521. The first-order valence-electron chi connectivity index (χ1n) is 6.28. The quantitative estimate of drug-likeness (QED) is 0.832. The minimum Gasteiger partial charge on any atom is -0.465 e. The first kappa shape index (κ1) is 11.2. The maximum Gasteiger partial charge on any atom is 0.310 e. The van der Waals surface area contributed by atoms with E-state index in [9.17, 15) is 4.79 Å². The highest BCUT2D eigenvalue weighted by Gasteiger charge is 2.43. The molecular formula is C13H17NO2S. The van der Waals surface area contributed by atoms with Crippen molar-refractivity contribution in [3.8, 4) is 0 Å². The van der Waals surface area contributed by atoms with Gasteiger partial charge in [-0.2, -0.15) is 0 Å². The third-order valence-electron chi connectivity index (χ3n) is 3.78. The van der Waals surface area contributed by atoms with Crippen molar-refractivity contribution in [1.29, 1.82) is 0 Å². The van der Waals surface area contributed by atoms with Crippen molar-refractivity contribution >= 4 is 17.3 Å². The second-order valence-electron chi connectivity index (χ2n) is 4.89. The lowest BCUT2D eigenvalue weighted by Gasteiger charge is -2.18. The molecule has 3 nitrogen and oxygen atoms in total. The number of carbonyl (C=O) groups is 1. The summed E-state index contributed by atoms with van der Waals surface area (Å²) in [6, 6.07) is 5.06. The average molecular weight is 251 g/mol. The van der Waals surface area contributed by atoms with Crippen LogP contribution in [0.15, 0.2) is 17.5 Å². The van der Waals surface area contributed by atoms with E-state index in [1.807, 2.05) is 6.07 Å². The minimum absolute atomic E-state index is 0.00116. The van der Waals surface area contributed by atoms with Crippen LogP contribution in [0.2, 0.25) is 0 Å². The fourth-order valence-corrected chi connectivity index (χ4v) is 3.59. The molecule has 4 heteroatoms. The Morgan fingerprint density at radius 3 is 3.12 bits per heavy atom. The number of rotatable bonds is 4. The van der Waals surface area contributed by atoms with Gasteiger partial charge < -0.3 is 10.1 Å². The van der Waals surface area contributed by atoms with Crippen molar-refractivity contribution in [2.24, 2.45) is 5.92 Å². The number of hydrogen-bond acceptors (Lipinski definition) is 4. The summed E-state index contributed by atoms with van der Waals surface area (Å²) in [5.74, 6) is 0.110. The fourth-order valence-electron chi connectivity index (χ4n) is 2.90. The molecular weight excluding hydrogens is 234 g/mol. The predicted molar refractivity (Wildman–Crippen MR) is 67.0 cm³/mol. The highest BCUT2D eigenvalue weighted by molar-refractivity contribution is 7.09. The van der Waals surface area contributed by atoms with Crippen LogP contribution < -0.4 is 5.32 Å². The smallest absolute Gasteiger partial charge is 0.310 e. The maximum atomic E-state index is 11.9. The van der Waals surface area contributed by atoms with Crippen molar-refractivity contribution in [2.75, 3.05) is 6.61 Å². The Morgan fingerprint density at radius 1 is 1.53 bits per heavy atom.